The van der Waals surface area contributed by atoms with Crippen molar-refractivity contribution in [3.05, 3.63) is 12.0 Å². The molecule has 0 bridgehead atoms. The molecule has 8 nitrogen and oxygen atoms in total. The van der Waals surface area contributed by atoms with Gasteiger partial charge in [0.1, 0.15) is 11.6 Å². The summed E-state index contributed by atoms with van der Waals surface area (Å²) in [6, 6.07) is 0.250. The van der Waals surface area contributed by atoms with E-state index in [2.05, 4.69) is 26.9 Å². The highest BCUT2D eigenvalue weighted by Gasteiger charge is 2.26. The number of aliphatic hydroxyl groups excluding tert-OH is 1. The third-order valence-electron chi connectivity index (χ3n) is 3.85. The Morgan fingerprint density at radius 3 is 3.05 bits per heavy atom. The van der Waals surface area contributed by atoms with Crippen LogP contribution < -0.4 is 5.73 Å². The molecule has 1 aliphatic rings. The number of anilines is 1. The molecule has 2 aromatic heterocycles. The lowest BCUT2D eigenvalue weighted by Crippen LogP contribution is -2.49. The standard InChI is InChI=1S/C13H20N6O2/c1-8-7-21-9(6-20)4-19(8)5-11-16-12(14)10-3-15-18(2)13(10)17-11/h3,8-9,20H,4-7H2,1-2H3,(H2,14,16,17). The van der Waals surface area contributed by atoms with E-state index in [4.69, 9.17) is 10.5 Å². The average Bonchev–Trinajstić information content (AvgIpc) is 2.84. The third-order valence-corrected chi connectivity index (χ3v) is 3.85. The van der Waals surface area contributed by atoms with Gasteiger partial charge in [-0.15, -0.1) is 0 Å². The zero-order valence-electron chi connectivity index (χ0n) is 12.2. The molecule has 3 rings (SSSR count). The molecule has 2 aromatic rings. The second-order valence-electron chi connectivity index (χ2n) is 5.45. The number of rotatable bonds is 3. The van der Waals surface area contributed by atoms with Crippen LogP contribution in [0.25, 0.3) is 11.0 Å². The van der Waals surface area contributed by atoms with Gasteiger partial charge in [0.2, 0.25) is 0 Å². The van der Waals surface area contributed by atoms with Crippen LogP contribution in [0.5, 0.6) is 0 Å². The molecule has 114 valence electrons. The molecule has 0 saturated carbocycles. The van der Waals surface area contributed by atoms with Gasteiger partial charge in [-0.2, -0.15) is 5.10 Å². The van der Waals surface area contributed by atoms with Gasteiger partial charge in [0, 0.05) is 19.6 Å². The van der Waals surface area contributed by atoms with Crippen LogP contribution in [0, 0.1) is 0 Å². The Morgan fingerprint density at radius 2 is 2.29 bits per heavy atom. The van der Waals surface area contributed by atoms with Gasteiger partial charge in [-0.05, 0) is 6.92 Å². The summed E-state index contributed by atoms with van der Waals surface area (Å²) in [5.74, 6) is 1.11. The zero-order chi connectivity index (χ0) is 15.0. The first-order valence-corrected chi connectivity index (χ1v) is 6.99. The van der Waals surface area contributed by atoms with E-state index in [0.717, 1.165) is 11.0 Å². The monoisotopic (exact) mass is 292 g/mol. The predicted molar refractivity (Wildman–Crippen MR) is 77.4 cm³/mol. The van der Waals surface area contributed by atoms with Gasteiger partial charge in [-0.1, -0.05) is 0 Å². The van der Waals surface area contributed by atoms with Crippen LogP contribution in [0.15, 0.2) is 6.20 Å². The Morgan fingerprint density at radius 1 is 1.48 bits per heavy atom. The molecule has 1 aliphatic heterocycles. The van der Waals surface area contributed by atoms with Crippen molar-refractivity contribution >= 4 is 16.9 Å². The van der Waals surface area contributed by atoms with Crippen molar-refractivity contribution in [3.8, 4) is 0 Å². The maximum absolute atomic E-state index is 9.24. The van der Waals surface area contributed by atoms with Gasteiger partial charge in [0.25, 0.3) is 0 Å². The number of aryl methyl sites for hydroxylation is 1. The molecule has 2 atom stereocenters. The normalized spacial score (nSPS) is 23.8. The maximum atomic E-state index is 9.24. The summed E-state index contributed by atoms with van der Waals surface area (Å²) in [7, 11) is 1.83. The van der Waals surface area contributed by atoms with E-state index in [1.54, 1.807) is 10.9 Å². The van der Waals surface area contributed by atoms with Crippen LogP contribution in [-0.4, -0.2) is 61.7 Å². The number of nitrogens with zero attached hydrogens (tertiary/aromatic N) is 5. The molecule has 0 aliphatic carbocycles. The summed E-state index contributed by atoms with van der Waals surface area (Å²) in [5.41, 5.74) is 6.71. The largest absolute Gasteiger partial charge is 0.394 e. The van der Waals surface area contributed by atoms with Crippen molar-refractivity contribution in [1.29, 1.82) is 0 Å². The minimum Gasteiger partial charge on any atom is -0.394 e. The molecule has 21 heavy (non-hydrogen) atoms. The number of morpholine rings is 1. The SMILES string of the molecule is CC1COC(CO)CN1Cc1nc(N)c2cnn(C)c2n1. The predicted octanol–water partition coefficient (Wildman–Crippen LogP) is -0.473. The number of hydrogen-bond acceptors (Lipinski definition) is 7. The smallest absolute Gasteiger partial charge is 0.163 e. The minimum absolute atomic E-state index is 0.0208. The minimum atomic E-state index is -0.154. The molecule has 0 radical (unpaired) electrons. The first kappa shape index (κ1) is 14.2. The number of aromatic nitrogens is 4. The lowest BCUT2D eigenvalue weighted by atomic mass is 10.2. The average molecular weight is 292 g/mol. The topological polar surface area (TPSA) is 102 Å². The highest BCUT2D eigenvalue weighted by molar-refractivity contribution is 5.84. The Hall–Kier alpha value is -1.77. The van der Waals surface area contributed by atoms with Gasteiger partial charge < -0.3 is 15.6 Å². The van der Waals surface area contributed by atoms with Crippen LogP contribution in [0.1, 0.15) is 12.7 Å². The molecule has 3 N–H and O–H groups in total. The van der Waals surface area contributed by atoms with Gasteiger partial charge >= 0.3 is 0 Å². The number of hydrogen-bond donors (Lipinski definition) is 2. The molecule has 1 fully saturated rings. The maximum Gasteiger partial charge on any atom is 0.163 e. The zero-order valence-corrected chi connectivity index (χ0v) is 12.2. The lowest BCUT2D eigenvalue weighted by molar-refractivity contribution is -0.0811. The van der Waals surface area contributed by atoms with Crippen molar-refractivity contribution in [3.63, 3.8) is 0 Å². The fourth-order valence-corrected chi connectivity index (χ4v) is 2.55. The van der Waals surface area contributed by atoms with Crippen molar-refractivity contribution in [2.45, 2.75) is 25.6 Å². The van der Waals surface area contributed by atoms with Crippen LogP contribution in [0.2, 0.25) is 0 Å². The molecule has 0 spiro atoms. The highest BCUT2D eigenvalue weighted by atomic mass is 16.5. The summed E-state index contributed by atoms with van der Waals surface area (Å²) in [5, 5.41) is 14.2. The van der Waals surface area contributed by atoms with Crippen molar-refractivity contribution in [2.75, 3.05) is 25.5 Å². The first-order chi connectivity index (χ1) is 10.1. The van der Waals surface area contributed by atoms with Crippen molar-refractivity contribution < 1.29 is 9.84 Å². The van der Waals surface area contributed by atoms with E-state index in [-0.39, 0.29) is 18.8 Å². The number of ether oxygens (including phenoxy) is 1. The number of nitrogens with two attached hydrogens (primary N) is 1. The van der Waals surface area contributed by atoms with E-state index >= 15 is 0 Å². The summed E-state index contributed by atoms with van der Waals surface area (Å²) in [6.45, 7) is 3.93. The van der Waals surface area contributed by atoms with Crippen LogP contribution >= 0.6 is 0 Å². The van der Waals surface area contributed by atoms with Crippen molar-refractivity contribution in [2.24, 2.45) is 7.05 Å². The van der Waals surface area contributed by atoms with E-state index in [9.17, 15) is 5.11 Å². The number of nitrogen functional groups attached to an aromatic ring is 1. The second-order valence-corrected chi connectivity index (χ2v) is 5.45. The van der Waals surface area contributed by atoms with E-state index in [1.807, 2.05) is 7.05 Å². The van der Waals surface area contributed by atoms with Gasteiger partial charge in [-0.25, -0.2) is 9.97 Å². The number of aliphatic hydroxyl groups is 1. The molecule has 8 heteroatoms. The van der Waals surface area contributed by atoms with Crippen LogP contribution in [0.3, 0.4) is 0 Å². The van der Waals surface area contributed by atoms with Gasteiger partial charge in [0.05, 0.1) is 37.4 Å². The Labute approximate surface area is 122 Å². The summed E-state index contributed by atoms with van der Waals surface area (Å²) in [6.07, 6.45) is 1.52. The van der Waals surface area contributed by atoms with Crippen LogP contribution in [-0.2, 0) is 18.3 Å². The number of fused-ring (bicyclic) bond motifs is 1. The molecule has 1 saturated heterocycles. The molecular weight excluding hydrogens is 272 g/mol. The fourth-order valence-electron chi connectivity index (χ4n) is 2.55. The highest BCUT2D eigenvalue weighted by Crippen LogP contribution is 2.19. The second kappa shape index (κ2) is 5.55. The van der Waals surface area contributed by atoms with Crippen LogP contribution in [0.4, 0.5) is 5.82 Å². The quantitative estimate of drug-likeness (QED) is 0.788. The van der Waals surface area contributed by atoms with Crippen molar-refractivity contribution in [1.82, 2.24) is 24.6 Å². The Kier molecular flexibility index (Phi) is 3.75. The third kappa shape index (κ3) is 2.69. The summed E-state index contributed by atoms with van der Waals surface area (Å²) in [4.78, 5) is 11.1. The van der Waals surface area contributed by atoms with E-state index in [0.29, 0.717) is 31.3 Å². The summed E-state index contributed by atoms with van der Waals surface area (Å²) < 4.78 is 7.23. The molecule has 3 heterocycles. The lowest BCUT2D eigenvalue weighted by Gasteiger charge is -2.36. The fraction of sp³-hybridized carbons (Fsp3) is 0.615. The Balaban J connectivity index is 1.85. The van der Waals surface area contributed by atoms with Gasteiger partial charge in [0.15, 0.2) is 5.65 Å². The van der Waals surface area contributed by atoms with E-state index < -0.39 is 0 Å². The molecule has 0 aromatic carbocycles. The van der Waals surface area contributed by atoms with E-state index in [1.165, 1.54) is 0 Å². The summed E-state index contributed by atoms with van der Waals surface area (Å²) >= 11 is 0. The first-order valence-electron chi connectivity index (χ1n) is 6.99. The van der Waals surface area contributed by atoms with Gasteiger partial charge in [-0.3, -0.25) is 9.58 Å². The Bertz CT molecular complexity index is 643. The molecule has 2 unspecified atom stereocenters. The molecule has 0 amide bonds. The molecular formula is C13H20N6O2.